The number of aliphatic hydroxyl groups is 3. The molecule has 11 heteroatoms. The van der Waals surface area contributed by atoms with Crippen LogP contribution >= 0.6 is 69.3 Å². The molecule has 1 aliphatic heterocycles. The number of carbonyl (C=O) groups is 1. The third-order valence-corrected chi connectivity index (χ3v) is 6.24. The largest absolute Gasteiger partial charge is 0.481 e. The Morgan fingerprint density at radius 3 is 1.50 bits per heavy atom. The fraction of sp³-hybridized carbons (Fsp3) is 0.727. The van der Waals surface area contributed by atoms with Crippen molar-refractivity contribution in [2.24, 2.45) is 5.41 Å². The Hall–Kier alpha value is 1.19. The predicted molar refractivity (Wildman–Crippen MR) is 108 cm³/mol. The van der Waals surface area contributed by atoms with Crippen LogP contribution in [-0.4, -0.2) is 49.6 Å². The minimum atomic E-state index is -0.994. The van der Waals surface area contributed by atoms with Crippen LogP contribution in [0.15, 0.2) is 10.8 Å². The first-order valence-electron chi connectivity index (χ1n) is 6.01. The standard InChI is InChI=1S/C6H14O3.C3H6O2S3.C2H2S3/c1-2-6(3-7,4-8)5-9;4-2(5)1-3(6,7)8;1-2-4-5-3-1/h7-9H,2-5H2,1H3;6-8H,1H2,(H,4,5);1-2H. The molecule has 0 fully saturated rings. The van der Waals surface area contributed by atoms with E-state index in [9.17, 15) is 4.79 Å². The minimum absolute atomic E-state index is 0.156. The molecule has 5 nitrogen and oxygen atoms in total. The van der Waals surface area contributed by atoms with Gasteiger partial charge in [-0.1, -0.05) is 28.5 Å². The molecule has 0 saturated heterocycles. The van der Waals surface area contributed by atoms with Crippen LogP contribution in [0.1, 0.15) is 19.8 Å². The molecule has 0 amide bonds. The molecule has 0 unspecified atom stereocenters. The zero-order chi connectivity index (χ0) is 17.6. The average Bonchev–Trinajstić information content (AvgIpc) is 2.99. The smallest absolute Gasteiger partial charge is 0.306 e. The summed E-state index contributed by atoms with van der Waals surface area (Å²) >= 11 is 11.2. The van der Waals surface area contributed by atoms with E-state index in [-0.39, 0.29) is 26.2 Å². The van der Waals surface area contributed by atoms with Crippen molar-refractivity contribution in [3.8, 4) is 0 Å². The predicted octanol–water partition coefficient (Wildman–Crippen LogP) is 2.76. The van der Waals surface area contributed by atoms with Gasteiger partial charge in [0, 0.05) is 5.41 Å². The van der Waals surface area contributed by atoms with Gasteiger partial charge in [0.05, 0.1) is 26.2 Å². The molecule has 0 spiro atoms. The van der Waals surface area contributed by atoms with Gasteiger partial charge >= 0.3 is 5.97 Å². The zero-order valence-electron chi connectivity index (χ0n) is 12.0. The second kappa shape index (κ2) is 14.5. The van der Waals surface area contributed by atoms with E-state index in [1.807, 2.05) is 6.92 Å². The van der Waals surface area contributed by atoms with Crippen molar-refractivity contribution < 1.29 is 25.2 Å². The molecule has 132 valence electrons. The molecule has 0 atom stereocenters. The molecule has 22 heavy (non-hydrogen) atoms. The number of rotatable bonds is 6. The quantitative estimate of drug-likeness (QED) is 0.198. The van der Waals surface area contributed by atoms with Gasteiger partial charge < -0.3 is 20.4 Å². The number of thiol groups is 3. The Morgan fingerprint density at radius 1 is 1.05 bits per heavy atom. The molecular weight excluding hydrogens is 405 g/mol. The SMILES string of the molecule is C1=CSSS1.CCC(CO)(CO)CO.O=C(O)CC(S)(S)S. The number of carboxylic acids is 1. The average molecular weight is 427 g/mol. The first-order chi connectivity index (χ1) is 10.2. The van der Waals surface area contributed by atoms with E-state index >= 15 is 0 Å². The van der Waals surface area contributed by atoms with Gasteiger partial charge in [-0.3, -0.25) is 4.79 Å². The summed E-state index contributed by atoms with van der Waals surface area (Å²) in [5, 5.41) is 38.2. The Balaban J connectivity index is 0. The molecule has 4 N–H and O–H groups in total. The topological polar surface area (TPSA) is 98.0 Å². The Labute approximate surface area is 159 Å². The summed E-state index contributed by atoms with van der Waals surface area (Å²) in [6.45, 7) is 1.35. The van der Waals surface area contributed by atoms with Crippen molar-refractivity contribution in [1.82, 2.24) is 0 Å². The van der Waals surface area contributed by atoms with Crippen LogP contribution in [0, 0.1) is 5.41 Å². The van der Waals surface area contributed by atoms with E-state index in [1.165, 1.54) is 0 Å². The van der Waals surface area contributed by atoms with Crippen molar-refractivity contribution in [2.45, 2.75) is 23.2 Å². The number of aliphatic carboxylic acids is 1. The van der Waals surface area contributed by atoms with Crippen LogP contribution in [0.5, 0.6) is 0 Å². The fourth-order valence-corrected chi connectivity index (χ4v) is 4.16. The maximum atomic E-state index is 9.87. The van der Waals surface area contributed by atoms with Crippen molar-refractivity contribution in [1.29, 1.82) is 0 Å². The molecule has 0 aromatic heterocycles. The Kier molecular flexibility index (Phi) is 16.8. The molecule has 1 aliphatic rings. The highest BCUT2D eigenvalue weighted by Gasteiger charge is 2.24. The van der Waals surface area contributed by atoms with Gasteiger partial charge in [0.2, 0.25) is 0 Å². The number of hydrogen-bond donors (Lipinski definition) is 7. The van der Waals surface area contributed by atoms with Gasteiger partial charge in [-0.05, 0) is 27.1 Å². The van der Waals surface area contributed by atoms with Gasteiger partial charge in [0.25, 0.3) is 0 Å². The molecule has 1 rings (SSSR count). The van der Waals surface area contributed by atoms with Crippen LogP contribution in [0.3, 0.4) is 0 Å². The van der Waals surface area contributed by atoms with Crippen molar-refractivity contribution in [2.75, 3.05) is 19.8 Å². The van der Waals surface area contributed by atoms with Gasteiger partial charge in [-0.15, -0.1) is 0 Å². The Morgan fingerprint density at radius 2 is 1.45 bits per heavy atom. The van der Waals surface area contributed by atoms with Gasteiger partial charge in [-0.25, -0.2) is 0 Å². The van der Waals surface area contributed by atoms with Crippen molar-refractivity contribution >= 4 is 75.3 Å². The Bertz CT molecular complexity index is 293. The lowest BCUT2D eigenvalue weighted by Gasteiger charge is -2.24. The lowest BCUT2D eigenvalue weighted by molar-refractivity contribution is -0.136. The molecule has 1 heterocycles. The number of carboxylic acid groups (broad SMARTS) is 1. The molecular formula is C11H22O5S6. The van der Waals surface area contributed by atoms with E-state index in [4.69, 9.17) is 20.4 Å². The molecule has 0 aromatic rings. The van der Waals surface area contributed by atoms with Crippen LogP contribution < -0.4 is 0 Å². The van der Waals surface area contributed by atoms with Gasteiger partial charge in [0.1, 0.15) is 3.41 Å². The molecule has 0 radical (unpaired) electrons. The second-order valence-electron chi connectivity index (χ2n) is 4.21. The summed E-state index contributed by atoms with van der Waals surface area (Å²) in [5.41, 5.74) is -0.667. The lowest BCUT2D eigenvalue weighted by atomic mass is 9.88. The molecule has 0 aromatic carbocycles. The highest BCUT2D eigenvalue weighted by molar-refractivity contribution is 9.11. The van der Waals surface area contributed by atoms with E-state index in [1.54, 1.807) is 31.4 Å². The second-order valence-corrected chi connectivity index (χ2v) is 11.4. The van der Waals surface area contributed by atoms with E-state index < -0.39 is 14.8 Å². The molecule has 0 aliphatic carbocycles. The van der Waals surface area contributed by atoms with E-state index in [2.05, 4.69) is 48.7 Å². The number of hydrogen-bond acceptors (Lipinski definition) is 10. The maximum absolute atomic E-state index is 9.87. The molecule has 0 bridgehead atoms. The summed E-state index contributed by atoms with van der Waals surface area (Å²) in [6, 6.07) is 0. The van der Waals surface area contributed by atoms with Crippen LogP contribution in [0.4, 0.5) is 0 Å². The normalized spacial score (nSPS) is 13.8. The highest BCUT2D eigenvalue weighted by Crippen LogP contribution is 2.42. The van der Waals surface area contributed by atoms with Gasteiger partial charge in [0.15, 0.2) is 0 Å². The summed E-state index contributed by atoms with van der Waals surface area (Å²) < 4.78 is -0.994. The van der Waals surface area contributed by atoms with Crippen molar-refractivity contribution in [3.63, 3.8) is 0 Å². The summed E-state index contributed by atoms with van der Waals surface area (Å²) in [7, 11) is 5.34. The van der Waals surface area contributed by atoms with Gasteiger partial charge in [-0.2, -0.15) is 37.9 Å². The van der Waals surface area contributed by atoms with E-state index in [0.29, 0.717) is 6.42 Å². The molecule has 0 saturated carbocycles. The highest BCUT2D eigenvalue weighted by atomic mass is 33.5. The fourth-order valence-electron chi connectivity index (χ4n) is 0.802. The zero-order valence-corrected chi connectivity index (χ0v) is 17.1. The first-order valence-corrected chi connectivity index (χ1v) is 11.0. The summed E-state index contributed by atoms with van der Waals surface area (Å²) in [6.07, 6.45) is 0.429. The van der Waals surface area contributed by atoms with Crippen LogP contribution in [0.25, 0.3) is 0 Å². The lowest BCUT2D eigenvalue weighted by Crippen LogP contribution is -2.32. The summed E-state index contributed by atoms with van der Waals surface area (Å²) in [4.78, 5) is 9.87. The number of aliphatic hydroxyl groups excluding tert-OH is 3. The summed E-state index contributed by atoms with van der Waals surface area (Å²) in [5.74, 6) is -0.954. The van der Waals surface area contributed by atoms with E-state index in [0.717, 1.165) is 0 Å². The minimum Gasteiger partial charge on any atom is -0.481 e. The monoisotopic (exact) mass is 426 g/mol. The third-order valence-electron chi connectivity index (χ3n) is 2.39. The maximum Gasteiger partial charge on any atom is 0.306 e. The van der Waals surface area contributed by atoms with Crippen molar-refractivity contribution in [3.05, 3.63) is 10.8 Å². The first kappa shape index (κ1) is 25.4. The third kappa shape index (κ3) is 16.1. The van der Waals surface area contributed by atoms with Crippen LogP contribution in [-0.2, 0) is 4.79 Å². The van der Waals surface area contributed by atoms with Crippen LogP contribution in [0.2, 0.25) is 0 Å².